The molecule has 0 spiro atoms. The van der Waals surface area contributed by atoms with E-state index >= 15 is 0 Å². The van der Waals surface area contributed by atoms with Crippen LogP contribution in [0.5, 0.6) is 0 Å². The van der Waals surface area contributed by atoms with E-state index in [1.54, 1.807) is 0 Å². The van der Waals surface area contributed by atoms with Crippen LogP contribution >= 0.6 is 11.3 Å². The Hall–Kier alpha value is -4.05. The van der Waals surface area contributed by atoms with Crippen LogP contribution in [0.25, 0.3) is 10.8 Å². The number of amides is 4. The minimum atomic E-state index is -0.963. The molecule has 9 nitrogen and oxygen atoms in total. The first-order valence-electron chi connectivity index (χ1n) is 14.8. The predicted octanol–water partition coefficient (Wildman–Crippen LogP) is 3.68. The molecule has 0 saturated carbocycles. The quantitative estimate of drug-likeness (QED) is 0.221. The molecule has 3 aromatic rings. The molecule has 0 bridgehead atoms. The lowest BCUT2D eigenvalue weighted by molar-refractivity contribution is -0.132. The van der Waals surface area contributed by atoms with Crippen LogP contribution in [-0.4, -0.2) is 54.6 Å². The molecule has 1 saturated heterocycles. The van der Waals surface area contributed by atoms with Gasteiger partial charge in [-0.3, -0.25) is 19.2 Å². The summed E-state index contributed by atoms with van der Waals surface area (Å²) < 4.78 is 0. The van der Waals surface area contributed by atoms with Gasteiger partial charge in [-0.15, -0.1) is 11.3 Å². The molecule has 43 heavy (non-hydrogen) atoms. The van der Waals surface area contributed by atoms with E-state index in [0.29, 0.717) is 30.5 Å². The Morgan fingerprint density at radius 3 is 2.44 bits per heavy atom. The summed E-state index contributed by atoms with van der Waals surface area (Å²) in [6.45, 7) is 6.32. The van der Waals surface area contributed by atoms with E-state index < -0.39 is 29.9 Å². The van der Waals surface area contributed by atoms with Crippen molar-refractivity contribution in [1.82, 2.24) is 21.3 Å². The lowest BCUT2D eigenvalue weighted by Crippen LogP contribution is -2.56. The summed E-state index contributed by atoms with van der Waals surface area (Å²) in [4.78, 5) is 65.2. The van der Waals surface area contributed by atoms with Crippen LogP contribution < -0.4 is 21.3 Å². The lowest BCUT2D eigenvalue weighted by atomic mass is 9.91. The van der Waals surface area contributed by atoms with Crippen molar-refractivity contribution in [1.29, 1.82) is 0 Å². The van der Waals surface area contributed by atoms with Crippen molar-refractivity contribution >= 4 is 52.0 Å². The van der Waals surface area contributed by atoms with E-state index in [0.717, 1.165) is 28.3 Å². The van der Waals surface area contributed by atoms with E-state index in [9.17, 15) is 24.0 Å². The number of nitrogens with one attached hydrogen (secondary N) is 4. The van der Waals surface area contributed by atoms with Gasteiger partial charge in [0.05, 0.1) is 10.9 Å². The minimum absolute atomic E-state index is 0.0507. The topological polar surface area (TPSA) is 133 Å². The molecule has 1 fully saturated rings. The molecular formula is C33H40N4O5S. The third-order valence-corrected chi connectivity index (χ3v) is 8.78. The second-order valence-corrected chi connectivity index (χ2v) is 12.5. The average molecular weight is 605 g/mol. The second-order valence-electron chi connectivity index (χ2n) is 11.6. The fraction of sp³-hybridized carbons (Fsp3) is 0.424. The summed E-state index contributed by atoms with van der Waals surface area (Å²) in [5, 5.41) is 15.1. The zero-order valence-electron chi connectivity index (χ0n) is 24.9. The van der Waals surface area contributed by atoms with Gasteiger partial charge in [0, 0.05) is 18.9 Å². The Morgan fingerprint density at radius 1 is 1.00 bits per heavy atom. The predicted molar refractivity (Wildman–Crippen MR) is 168 cm³/mol. The van der Waals surface area contributed by atoms with Crippen LogP contribution in [0.4, 0.5) is 0 Å². The Labute approximate surface area is 256 Å². The Kier molecular flexibility index (Phi) is 11.1. The number of carbonyl (C=O) groups is 5. The Morgan fingerprint density at radius 2 is 1.74 bits per heavy atom. The number of piperidine rings is 1. The second kappa shape index (κ2) is 14.9. The van der Waals surface area contributed by atoms with Crippen molar-refractivity contribution in [3.63, 3.8) is 0 Å². The molecule has 10 heteroatoms. The fourth-order valence-electron chi connectivity index (χ4n) is 5.50. The smallest absolute Gasteiger partial charge is 0.262 e. The summed E-state index contributed by atoms with van der Waals surface area (Å²) >= 11 is 1.30. The number of fused-ring (bicyclic) bond motifs is 1. The third kappa shape index (κ3) is 8.50. The van der Waals surface area contributed by atoms with Gasteiger partial charge in [-0.1, -0.05) is 56.3 Å². The molecule has 1 unspecified atom stereocenters. The zero-order valence-corrected chi connectivity index (χ0v) is 25.7. The lowest BCUT2D eigenvalue weighted by Gasteiger charge is -2.27. The van der Waals surface area contributed by atoms with Crippen molar-refractivity contribution in [2.45, 2.75) is 71.0 Å². The first-order chi connectivity index (χ1) is 20.7. The van der Waals surface area contributed by atoms with E-state index in [-0.39, 0.29) is 36.5 Å². The van der Waals surface area contributed by atoms with Crippen LogP contribution in [0.3, 0.4) is 0 Å². The maximum Gasteiger partial charge on any atom is 0.262 e. The molecule has 1 aliphatic rings. The molecular weight excluding hydrogens is 564 g/mol. The molecule has 1 aromatic heterocycles. The van der Waals surface area contributed by atoms with Gasteiger partial charge < -0.3 is 26.1 Å². The van der Waals surface area contributed by atoms with Gasteiger partial charge in [0.2, 0.25) is 17.7 Å². The van der Waals surface area contributed by atoms with Crippen molar-refractivity contribution in [3.05, 3.63) is 69.9 Å². The van der Waals surface area contributed by atoms with Gasteiger partial charge in [-0.2, -0.15) is 0 Å². The van der Waals surface area contributed by atoms with Crippen LogP contribution in [0.1, 0.15) is 60.3 Å². The maximum atomic E-state index is 13.9. The zero-order chi connectivity index (χ0) is 30.9. The van der Waals surface area contributed by atoms with Gasteiger partial charge in [0.1, 0.15) is 18.4 Å². The highest BCUT2D eigenvalue weighted by Gasteiger charge is 2.31. The summed E-state index contributed by atoms with van der Waals surface area (Å²) in [7, 11) is 0. The molecule has 1 aliphatic heterocycles. The molecule has 4 rings (SSSR count). The molecule has 2 aromatic carbocycles. The molecule has 4 amide bonds. The fourth-order valence-corrected chi connectivity index (χ4v) is 6.33. The number of hydrogen-bond acceptors (Lipinski definition) is 6. The normalized spacial score (nSPS) is 17.0. The molecule has 0 radical (unpaired) electrons. The van der Waals surface area contributed by atoms with E-state index in [2.05, 4.69) is 21.3 Å². The molecule has 0 aliphatic carbocycles. The molecule has 2 heterocycles. The maximum absolute atomic E-state index is 13.9. The molecule has 228 valence electrons. The van der Waals surface area contributed by atoms with Crippen LogP contribution in [0.15, 0.2) is 53.9 Å². The minimum Gasteiger partial charge on any atom is -0.356 e. The van der Waals surface area contributed by atoms with E-state index in [1.807, 2.05) is 74.7 Å². The first kappa shape index (κ1) is 31.9. The number of rotatable bonds is 13. The van der Waals surface area contributed by atoms with Gasteiger partial charge in [0.25, 0.3) is 5.91 Å². The van der Waals surface area contributed by atoms with Crippen molar-refractivity contribution < 1.29 is 24.0 Å². The molecule has 4 atom stereocenters. The summed E-state index contributed by atoms with van der Waals surface area (Å²) in [5.41, 5.74) is 1.70. The van der Waals surface area contributed by atoms with E-state index in [4.69, 9.17) is 0 Å². The number of aryl methyl sites for hydroxylation is 1. The number of carbonyl (C=O) groups excluding carboxylic acids is 5. The number of aldehydes is 1. The van der Waals surface area contributed by atoms with Gasteiger partial charge in [-0.05, 0) is 71.9 Å². The van der Waals surface area contributed by atoms with Gasteiger partial charge >= 0.3 is 0 Å². The standard InChI is InChI=1S/C33H40N4O5S/c1-20(2)16-27(31(40)35-25(19-38)17-24-11-7-14-34-30(24)39)36-32(41)28(37-33(42)29-21(3)13-15-43-29)18-23-10-6-9-22-8-4-5-12-26(22)23/h4-6,8-10,12-13,15,19-20,24-25,27-28H,7,11,14,16-18H2,1-3H3,(H,34,39)(H,35,40)(H,36,41)(H,37,42)/t24-,25-,27-,28?/m0/s1. The van der Waals surface area contributed by atoms with Crippen molar-refractivity contribution in [3.8, 4) is 0 Å². The summed E-state index contributed by atoms with van der Waals surface area (Å²) in [6.07, 6.45) is 2.84. The highest BCUT2D eigenvalue weighted by Crippen LogP contribution is 2.22. The third-order valence-electron chi connectivity index (χ3n) is 7.76. The number of thiophene rings is 1. The van der Waals surface area contributed by atoms with Crippen molar-refractivity contribution in [2.75, 3.05) is 6.54 Å². The highest BCUT2D eigenvalue weighted by atomic mass is 32.1. The first-order valence-corrected chi connectivity index (χ1v) is 15.7. The van der Waals surface area contributed by atoms with Gasteiger partial charge in [-0.25, -0.2) is 0 Å². The Balaban J connectivity index is 1.54. The van der Waals surface area contributed by atoms with Gasteiger partial charge in [0.15, 0.2) is 0 Å². The largest absolute Gasteiger partial charge is 0.356 e. The monoisotopic (exact) mass is 604 g/mol. The number of hydrogen-bond donors (Lipinski definition) is 4. The summed E-state index contributed by atoms with van der Waals surface area (Å²) in [6, 6.07) is 12.8. The molecule has 4 N–H and O–H groups in total. The van der Waals surface area contributed by atoms with E-state index in [1.165, 1.54) is 11.3 Å². The van der Waals surface area contributed by atoms with Crippen molar-refractivity contribution in [2.24, 2.45) is 11.8 Å². The van der Waals surface area contributed by atoms with Crippen LogP contribution in [0, 0.1) is 18.8 Å². The van der Waals surface area contributed by atoms with Crippen LogP contribution in [-0.2, 0) is 25.6 Å². The Bertz CT molecular complexity index is 1460. The number of benzene rings is 2. The summed E-state index contributed by atoms with van der Waals surface area (Å²) in [5.74, 6) is -1.78. The SMILES string of the molecule is Cc1ccsc1C(=O)NC(Cc1cccc2ccccc12)C(=O)N[C@@H](CC(C)C)C(=O)N[C@H](C=O)C[C@@H]1CCCNC1=O. The average Bonchev–Trinajstić information content (AvgIpc) is 3.42. The highest BCUT2D eigenvalue weighted by molar-refractivity contribution is 7.12. The van der Waals surface area contributed by atoms with Crippen LogP contribution in [0.2, 0.25) is 0 Å².